The van der Waals surface area contributed by atoms with Crippen LogP contribution in [0.3, 0.4) is 0 Å². The lowest BCUT2D eigenvalue weighted by molar-refractivity contribution is -0.139. The van der Waals surface area contributed by atoms with E-state index in [-0.39, 0.29) is 11.3 Å². The van der Waals surface area contributed by atoms with Crippen molar-refractivity contribution in [2.24, 2.45) is 0 Å². The molecule has 0 radical (unpaired) electrons. The molecule has 1 aromatic heterocycles. The molecule has 0 bridgehead atoms. The van der Waals surface area contributed by atoms with Gasteiger partial charge in [0.25, 0.3) is 5.91 Å². The minimum atomic E-state index is -4.83. The predicted molar refractivity (Wildman–Crippen MR) is 67.4 cm³/mol. The molecular weight excluding hydrogens is 290 g/mol. The van der Waals surface area contributed by atoms with Crippen LogP contribution in [0.4, 0.5) is 23.2 Å². The SMILES string of the molecule is Cc1n[nH]c(C)c1C(=O)Nc1ccc(F)c(C(F)(F)F)c1. The summed E-state index contributed by atoms with van der Waals surface area (Å²) >= 11 is 0. The van der Waals surface area contributed by atoms with Gasteiger partial charge in [0.1, 0.15) is 5.82 Å². The van der Waals surface area contributed by atoms with Gasteiger partial charge < -0.3 is 5.32 Å². The highest BCUT2D eigenvalue weighted by molar-refractivity contribution is 6.05. The first-order valence-corrected chi connectivity index (χ1v) is 5.90. The maximum atomic E-state index is 13.2. The van der Waals surface area contributed by atoms with E-state index in [1.54, 1.807) is 13.8 Å². The number of H-pyrrole nitrogens is 1. The van der Waals surface area contributed by atoms with E-state index in [9.17, 15) is 22.4 Å². The lowest BCUT2D eigenvalue weighted by Gasteiger charge is -2.11. The molecule has 1 heterocycles. The van der Waals surface area contributed by atoms with Gasteiger partial charge in [-0.05, 0) is 32.0 Å². The average Bonchev–Trinajstić information content (AvgIpc) is 2.70. The number of aromatic amines is 1. The molecule has 1 aromatic carbocycles. The summed E-state index contributed by atoms with van der Waals surface area (Å²) in [7, 11) is 0. The summed E-state index contributed by atoms with van der Waals surface area (Å²) < 4.78 is 51.0. The number of amides is 1. The second-order valence-corrected chi connectivity index (χ2v) is 4.46. The lowest BCUT2D eigenvalue weighted by atomic mass is 10.1. The Kier molecular flexibility index (Phi) is 3.71. The van der Waals surface area contributed by atoms with Crippen LogP contribution in [0.2, 0.25) is 0 Å². The van der Waals surface area contributed by atoms with E-state index in [1.807, 2.05) is 0 Å². The van der Waals surface area contributed by atoms with Crippen molar-refractivity contribution in [2.75, 3.05) is 5.32 Å². The third-order valence-electron chi connectivity index (χ3n) is 2.88. The van der Waals surface area contributed by atoms with Gasteiger partial charge in [-0.15, -0.1) is 0 Å². The first kappa shape index (κ1) is 15.0. The summed E-state index contributed by atoms with van der Waals surface area (Å²) in [5.74, 6) is -2.00. The minimum absolute atomic E-state index is 0.145. The molecule has 0 aliphatic rings. The minimum Gasteiger partial charge on any atom is -0.322 e. The lowest BCUT2D eigenvalue weighted by Crippen LogP contribution is -2.15. The predicted octanol–water partition coefficient (Wildman–Crippen LogP) is 3.44. The van der Waals surface area contributed by atoms with Gasteiger partial charge in [-0.1, -0.05) is 0 Å². The molecule has 1 amide bonds. The van der Waals surface area contributed by atoms with Crippen LogP contribution < -0.4 is 5.32 Å². The molecule has 0 fully saturated rings. The Hall–Kier alpha value is -2.38. The molecule has 0 aliphatic carbocycles. The summed E-state index contributed by atoms with van der Waals surface area (Å²) in [4.78, 5) is 12.0. The highest BCUT2D eigenvalue weighted by Gasteiger charge is 2.34. The first-order valence-electron chi connectivity index (χ1n) is 5.90. The van der Waals surface area contributed by atoms with Crippen LogP contribution >= 0.6 is 0 Å². The smallest absolute Gasteiger partial charge is 0.322 e. The molecular formula is C13H11F4N3O. The largest absolute Gasteiger partial charge is 0.419 e. The molecule has 0 saturated heterocycles. The van der Waals surface area contributed by atoms with Gasteiger partial charge in [-0.25, -0.2) is 4.39 Å². The van der Waals surface area contributed by atoms with Crippen LogP contribution in [0.25, 0.3) is 0 Å². The van der Waals surface area contributed by atoms with Crippen molar-refractivity contribution < 1.29 is 22.4 Å². The second-order valence-electron chi connectivity index (χ2n) is 4.46. The van der Waals surface area contributed by atoms with E-state index in [2.05, 4.69) is 15.5 Å². The van der Waals surface area contributed by atoms with Crippen LogP contribution in [-0.4, -0.2) is 16.1 Å². The molecule has 0 aliphatic heterocycles. The number of hydrogen-bond donors (Lipinski definition) is 2. The zero-order chi connectivity index (χ0) is 15.8. The number of carbonyl (C=O) groups excluding carboxylic acids is 1. The number of nitrogens with zero attached hydrogens (tertiary/aromatic N) is 1. The fourth-order valence-corrected chi connectivity index (χ4v) is 1.90. The van der Waals surface area contributed by atoms with Gasteiger partial charge in [-0.2, -0.15) is 18.3 Å². The molecule has 8 heteroatoms. The van der Waals surface area contributed by atoms with Gasteiger partial charge in [0.15, 0.2) is 0 Å². The van der Waals surface area contributed by atoms with E-state index >= 15 is 0 Å². The number of nitrogens with one attached hydrogen (secondary N) is 2. The Bertz CT molecular complexity index is 672. The molecule has 0 saturated carbocycles. The Morgan fingerprint density at radius 3 is 2.48 bits per heavy atom. The molecule has 2 rings (SSSR count). The Morgan fingerprint density at radius 2 is 1.95 bits per heavy atom. The van der Waals surface area contributed by atoms with Crippen molar-refractivity contribution in [1.29, 1.82) is 0 Å². The Balaban J connectivity index is 2.31. The van der Waals surface area contributed by atoms with Gasteiger partial charge in [-0.3, -0.25) is 9.89 Å². The molecule has 4 nitrogen and oxygen atoms in total. The van der Waals surface area contributed by atoms with Crippen LogP contribution in [0.5, 0.6) is 0 Å². The molecule has 0 unspecified atom stereocenters. The van der Waals surface area contributed by atoms with E-state index in [0.717, 1.165) is 6.07 Å². The molecule has 2 aromatic rings. The van der Waals surface area contributed by atoms with E-state index in [4.69, 9.17) is 0 Å². The fraction of sp³-hybridized carbons (Fsp3) is 0.231. The van der Waals surface area contributed by atoms with Crippen molar-refractivity contribution in [3.63, 3.8) is 0 Å². The highest BCUT2D eigenvalue weighted by atomic mass is 19.4. The van der Waals surface area contributed by atoms with Crippen LogP contribution in [0.15, 0.2) is 18.2 Å². The summed E-state index contributed by atoms with van der Waals surface area (Å²) in [6.45, 7) is 3.20. The van der Waals surface area contributed by atoms with Crippen molar-refractivity contribution in [3.8, 4) is 0 Å². The maximum absolute atomic E-state index is 13.2. The van der Waals surface area contributed by atoms with Crippen LogP contribution in [0.1, 0.15) is 27.3 Å². The van der Waals surface area contributed by atoms with Crippen molar-refractivity contribution in [3.05, 3.63) is 46.5 Å². The molecule has 0 spiro atoms. The quantitative estimate of drug-likeness (QED) is 0.835. The third kappa shape index (κ3) is 3.04. The highest BCUT2D eigenvalue weighted by Crippen LogP contribution is 2.33. The Morgan fingerprint density at radius 1 is 1.29 bits per heavy atom. The number of aromatic nitrogens is 2. The van der Waals surface area contributed by atoms with E-state index in [1.165, 1.54) is 0 Å². The average molecular weight is 301 g/mol. The molecule has 21 heavy (non-hydrogen) atoms. The monoisotopic (exact) mass is 301 g/mol. The Labute approximate surface area is 117 Å². The number of benzene rings is 1. The van der Waals surface area contributed by atoms with Crippen molar-refractivity contribution in [1.82, 2.24) is 10.2 Å². The molecule has 2 N–H and O–H groups in total. The number of rotatable bonds is 2. The third-order valence-corrected chi connectivity index (χ3v) is 2.88. The van der Waals surface area contributed by atoms with Gasteiger partial charge in [0, 0.05) is 11.4 Å². The second kappa shape index (κ2) is 5.19. The normalized spacial score (nSPS) is 11.5. The molecule has 112 valence electrons. The van der Waals surface area contributed by atoms with Crippen LogP contribution in [0, 0.1) is 19.7 Å². The summed E-state index contributed by atoms with van der Waals surface area (Å²) in [5.41, 5.74) is -0.422. The standard InChI is InChI=1S/C13H11F4N3O/c1-6-11(7(2)20-19-6)12(21)18-8-3-4-10(14)9(5-8)13(15,16)17/h3-5H,1-2H3,(H,18,21)(H,19,20). The number of anilines is 1. The van der Waals surface area contributed by atoms with Gasteiger partial charge in [0.05, 0.1) is 16.8 Å². The summed E-state index contributed by atoms with van der Waals surface area (Å²) in [6.07, 6.45) is -4.83. The number of hydrogen-bond acceptors (Lipinski definition) is 2. The zero-order valence-electron chi connectivity index (χ0n) is 11.1. The van der Waals surface area contributed by atoms with Crippen LogP contribution in [-0.2, 0) is 6.18 Å². The van der Waals surface area contributed by atoms with Crippen molar-refractivity contribution >= 4 is 11.6 Å². The fourth-order valence-electron chi connectivity index (χ4n) is 1.90. The van der Waals surface area contributed by atoms with E-state index in [0.29, 0.717) is 23.5 Å². The number of aryl methyl sites for hydroxylation is 2. The summed E-state index contributed by atoms with van der Waals surface area (Å²) in [6, 6.07) is 2.28. The summed E-state index contributed by atoms with van der Waals surface area (Å²) in [5, 5.41) is 8.72. The number of halogens is 4. The maximum Gasteiger partial charge on any atom is 0.419 e. The van der Waals surface area contributed by atoms with Gasteiger partial charge >= 0.3 is 6.18 Å². The number of alkyl halides is 3. The van der Waals surface area contributed by atoms with Crippen molar-refractivity contribution in [2.45, 2.75) is 20.0 Å². The van der Waals surface area contributed by atoms with E-state index < -0.39 is 23.5 Å². The topological polar surface area (TPSA) is 57.8 Å². The molecule has 0 atom stereocenters. The zero-order valence-corrected chi connectivity index (χ0v) is 11.1. The first-order chi connectivity index (χ1) is 9.70. The van der Waals surface area contributed by atoms with Gasteiger partial charge in [0.2, 0.25) is 0 Å². The number of carbonyl (C=O) groups is 1.